The number of anilines is 2. The van der Waals surface area contributed by atoms with Gasteiger partial charge in [-0.15, -0.1) is 0 Å². The monoisotopic (exact) mass is 240 g/mol. The van der Waals surface area contributed by atoms with Gasteiger partial charge in [0.15, 0.2) is 0 Å². The molecule has 0 saturated carbocycles. The molecule has 0 aromatic heterocycles. The number of rotatable bonds is 4. The molecule has 1 atom stereocenters. The van der Waals surface area contributed by atoms with Crippen molar-refractivity contribution in [2.24, 2.45) is 0 Å². The lowest BCUT2D eigenvalue weighted by Crippen LogP contribution is -2.08. The molecule has 18 heavy (non-hydrogen) atoms. The summed E-state index contributed by atoms with van der Waals surface area (Å²) in [5, 5.41) is 3.55. The summed E-state index contributed by atoms with van der Waals surface area (Å²) in [6.07, 6.45) is 0.981. The highest BCUT2D eigenvalue weighted by atomic mass is 14.9. The first-order valence-electron chi connectivity index (χ1n) is 6.40. The van der Waals surface area contributed by atoms with E-state index in [9.17, 15) is 0 Å². The number of nitrogens with two attached hydrogens (primary N) is 1. The zero-order valence-corrected chi connectivity index (χ0v) is 11.0. The van der Waals surface area contributed by atoms with Gasteiger partial charge in [0.05, 0.1) is 0 Å². The summed E-state index contributed by atoms with van der Waals surface area (Å²) in [6, 6.07) is 16.8. The number of aryl methyl sites for hydroxylation is 1. The van der Waals surface area contributed by atoms with Crippen LogP contribution in [-0.2, 0) is 6.42 Å². The molecule has 0 fully saturated rings. The van der Waals surface area contributed by atoms with E-state index in [0.717, 1.165) is 12.1 Å². The van der Waals surface area contributed by atoms with Crippen LogP contribution >= 0.6 is 0 Å². The van der Waals surface area contributed by atoms with Crippen LogP contribution in [0, 0.1) is 0 Å². The molecule has 2 rings (SSSR count). The molecule has 2 nitrogen and oxygen atoms in total. The average molecular weight is 240 g/mol. The van der Waals surface area contributed by atoms with Crippen molar-refractivity contribution in [3.63, 3.8) is 0 Å². The molecule has 2 heteroatoms. The maximum atomic E-state index is 5.82. The zero-order chi connectivity index (χ0) is 13.0. The Hall–Kier alpha value is -1.96. The molecule has 94 valence electrons. The molecule has 3 N–H and O–H groups in total. The van der Waals surface area contributed by atoms with Crippen molar-refractivity contribution in [3.05, 3.63) is 59.7 Å². The van der Waals surface area contributed by atoms with Crippen LogP contribution in [0.1, 0.15) is 31.0 Å². The van der Waals surface area contributed by atoms with E-state index in [1.807, 2.05) is 18.2 Å². The molecule has 0 heterocycles. The Labute approximate surface area is 109 Å². The second kappa shape index (κ2) is 5.58. The third-order valence-corrected chi connectivity index (χ3v) is 3.18. The first-order chi connectivity index (χ1) is 8.70. The standard InChI is InChI=1S/C16H20N2/c1-3-13-11-15(17)9-10-16(13)18-12(2)14-7-5-4-6-8-14/h4-12,18H,3,17H2,1-2H3. The summed E-state index contributed by atoms with van der Waals surface area (Å²) in [6.45, 7) is 4.32. The molecule has 0 aliphatic rings. The van der Waals surface area contributed by atoms with Crippen LogP contribution in [0.4, 0.5) is 11.4 Å². The molecular weight excluding hydrogens is 220 g/mol. The van der Waals surface area contributed by atoms with E-state index in [4.69, 9.17) is 5.73 Å². The van der Waals surface area contributed by atoms with Gasteiger partial charge in [0.1, 0.15) is 0 Å². The van der Waals surface area contributed by atoms with Gasteiger partial charge in [-0.1, -0.05) is 37.3 Å². The molecule has 0 aliphatic carbocycles. The van der Waals surface area contributed by atoms with Crippen LogP contribution in [-0.4, -0.2) is 0 Å². The summed E-state index contributed by atoms with van der Waals surface area (Å²) in [5.41, 5.74) is 10.4. The Balaban J connectivity index is 2.19. The van der Waals surface area contributed by atoms with Crippen LogP contribution in [0.15, 0.2) is 48.5 Å². The second-order valence-corrected chi connectivity index (χ2v) is 4.55. The first kappa shape index (κ1) is 12.5. The lowest BCUT2D eigenvalue weighted by molar-refractivity contribution is 0.879. The maximum Gasteiger partial charge on any atom is 0.0485 e. The predicted octanol–water partition coefficient (Wildman–Crippen LogP) is 4.00. The Morgan fingerprint density at radius 3 is 2.50 bits per heavy atom. The molecule has 0 radical (unpaired) electrons. The number of nitrogens with one attached hydrogen (secondary N) is 1. The Morgan fingerprint density at radius 2 is 1.83 bits per heavy atom. The summed E-state index contributed by atoms with van der Waals surface area (Å²) >= 11 is 0. The van der Waals surface area contributed by atoms with Gasteiger partial charge in [-0.2, -0.15) is 0 Å². The molecule has 0 saturated heterocycles. The van der Waals surface area contributed by atoms with Crippen molar-refractivity contribution >= 4 is 11.4 Å². The maximum absolute atomic E-state index is 5.82. The van der Waals surface area contributed by atoms with Gasteiger partial charge in [0.25, 0.3) is 0 Å². The van der Waals surface area contributed by atoms with Crippen LogP contribution in [0.3, 0.4) is 0 Å². The van der Waals surface area contributed by atoms with Crippen molar-refractivity contribution in [2.75, 3.05) is 11.1 Å². The second-order valence-electron chi connectivity index (χ2n) is 4.55. The van der Waals surface area contributed by atoms with E-state index in [1.165, 1.54) is 16.8 Å². The average Bonchev–Trinajstić information content (AvgIpc) is 2.41. The van der Waals surface area contributed by atoms with E-state index < -0.39 is 0 Å². The number of hydrogen-bond acceptors (Lipinski definition) is 2. The van der Waals surface area contributed by atoms with Crippen LogP contribution < -0.4 is 11.1 Å². The largest absolute Gasteiger partial charge is 0.399 e. The summed E-state index contributed by atoms with van der Waals surface area (Å²) in [4.78, 5) is 0. The molecule has 2 aromatic rings. The Morgan fingerprint density at radius 1 is 1.11 bits per heavy atom. The highest BCUT2D eigenvalue weighted by molar-refractivity contribution is 5.59. The molecule has 0 aliphatic heterocycles. The summed E-state index contributed by atoms with van der Waals surface area (Å²) in [7, 11) is 0. The van der Waals surface area contributed by atoms with E-state index >= 15 is 0 Å². The van der Waals surface area contributed by atoms with Crippen LogP contribution in [0.5, 0.6) is 0 Å². The van der Waals surface area contributed by atoms with Gasteiger partial charge in [-0.05, 0) is 42.7 Å². The zero-order valence-electron chi connectivity index (χ0n) is 11.0. The van der Waals surface area contributed by atoms with Crippen LogP contribution in [0.2, 0.25) is 0 Å². The Bertz CT molecular complexity index is 506. The molecular formula is C16H20N2. The van der Waals surface area contributed by atoms with Gasteiger partial charge >= 0.3 is 0 Å². The van der Waals surface area contributed by atoms with E-state index in [2.05, 4.69) is 49.5 Å². The predicted molar refractivity (Wildman–Crippen MR) is 78.7 cm³/mol. The number of benzene rings is 2. The van der Waals surface area contributed by atoms with Gasteiger partial charge in [-0.3, -0.25) is 0 Å². The summed E-state index contributed by atoms with van der Waals surface area (Å²) in [5.74, 6) is 0. The van der Waals surface area contributed by atoms with Gasteiger partial charge in [-0.25, -0.2) is 0 Å². The van der Waals surface area contributed by atoms with Gasteiger partial charge < -0.3 is 11.1 Å². The first-order valence-corrected chi connectivity index (χ1v) is 6.40. The van der Waals surface area contributed by atoms with Gasteiger partial charge in [0.2, 0.25) is 0 Å². The SMILES string of the molecule is CCc1cc(N)ccc1NC(C)c1ccccc1. The molecule has 1 unspecified atom stereocenters. The van der Waals surface area contributed by atoms with Crippen molar-refractivity contribution < 1.29 is 0 Å². The van der Waals surface area contributed by atoms with Crippen molar-refractivity contribution in [1.29, 1.82) is 0 Å². The lowest BCUT2D eigenvalue weighted by Gasteiger charge is -2.18. The Kier molecular flexibility index (Phi) is 3.88. The molecule has 2 aromatic carbocycles. The summed E-state index contributed by atoms with van der Waals surface area (Å²) < 4.78 is 0. The molecule has 0 amide bonds. The minimum Gasteiger partial charge on any atom is -0.399 e. The lowest BCUT2D eigenvalue weighted by atomic mass is 10.1. The van der Waals surface area contributed by atoms with Crippen molar-refractivity contribution in [1.82, 2.24) is 0 Å². The third-order valence-electron chi connectivity index (χ3n) is 3.18. The highest BCUT2D eigenvalue weighted by Crippen LogP contribution is 2.24. The molecule has 0 spiro atoms. The minimum atomic E-state index is 0.292. The normalized spacial score (nSPS) is 12.1. The van der Waals surface area contributed by atoms with Crippen molar-refractivity contribution in [3.8, 4) is 0 Å². The van der Waals surface area contributed by atoms with E-state index in [-0.39, 0.29) is 0 Å². The molecule has 0 bridgehead atoms. The smallest absolute Gasteiger partial charge is 0.0485 e. The van der Waals surface area contributed by atoms with E-state index in [1.54, 1.807) is 0 Å². The fraction of sp³-hybridized carbons (Fsp3) is 0.250. The number of hydrogen-bond donors (Lipinski definition) is 2. The van der Waals surface area contributed by atoms with Crippen molar-refractivity contribution in [2.45, 2.75) is 26.3 Å². The van der Waals surface area contributed by atoms with Gasteiger partial charge in [0, 0.05) is 17.4 Å². The van der Waals surface area contributed by atoms with E-state index in [0.29, 0.717) is 6.04 Å². The number of nitrogen functional groups attached to an aromatic ring is 1. The minimum absolute atomic E-state index is 0.292. The third kappa shape index (κ3) is 2.83. The fourth-order valence-electron chi connectivity index (χ4n) is 2.11. The quantitative estimate of drug-likeness (QED) is 0.793. The van der Waals surface area contributed by atoms with Crippen LogP contribution in [0.25, 0.3) is 0 Å². The highest BCUT2D eigenvalue weighted by Gasteiger charge is 2.07. The topological polar surface area (TPSA) is 38.0 Å². The fourth-order valence-corrected chi connectivity index (χ4v) is 2.11.